The largest absolute Gasteiger partial charge is 0.491 e. The number of aromatic nitrogens is 1. The molecule has 2 aliphatic rings. The number of ether oxygens (including phenoxy) is 3. The van der Waals surface area contributed by atoms with Gasteiger partial charge >= 0.3 is 0 Å². The third-order valence-electron chi connectivity index (χ3n) is 5.27. The van der Waals surface area contributed by atoms with Crippen LogP contribution in [-0.4, -0.2) is 49.8 Å². The van der Waals surface area contributed by atoms with Crippen molar-refractivity contribution in [1.29, 1.82) is 10.5 Å². The summed E-state index contributed by atoms with van der Waals surface area (Å²) in [6, 6.07) is 12.0. The molecule has 7 nitrogen and oxygen atoms in total. The molecule has 0 amide bonds. The molecule has 4 rings (SSSR count). The molecule has 1 atom stereocenters. The topological polar surface area (TPSA) is 100 Å². The molecule has 0 bridgehead atoms. The smallest absolute Gasteiger partial charge is 0.146 e. The van der Waals surface area contributed by atoms with Gasteiger partial charge in [0.25, 0.3) is 0 Å². The average Bonchev–Trinajstić information content (AvgIpc) is 2.72. The first-order valence-corrected chi connectivity index (χ1v) is 11.4. The molecule has 2 saturated heterocycles. The Morgan fingerprint density at radius 2 is 1.94 bits per heavy atom. The van der Waals surface area contributed by atoms with Crippen LogP contribution in [0.15, 0.2) is 29.3 Å². The Hall–Kier alpha value is -2.78. The first-order chi connectivity index (χ1) is 15.2. The number of hydrogen-bond donors (Lipinski definition) is 1. The van der Waals surface area contributed by atoms with Gasteiger partial charge in [0, 0.05) is 36.8 Å². The molecule has 0 radical (unpaired) electrons. The Morgan fingerprint density at radius 3 is 2.48 bits per heavy atom. The number of rotatable bonds is 9. The quantitative estimate of drug-likeness (QED) is 0.592. The number of nitrogens with one attached hydrogen (secondary N) is 1. The number of anilines is 1. The lowest BCUT2D eigenvalue weighted by Crippen LogP contribution is -2.32. The molecule has 1 N–H and O–H groups in total. The van der Waals surface area contributed by atoms with Gasteiger partial charge in [-0.1, -0.05) is 12.1 Å². The van der Waals surface area contributed by atoms with Gasteiger partial charge in [0.05, 0.1) is 24.9 Å². The fourth-order valence-corrected chi connectivity index (χ4v) is 4.40. The minimum Gasteiger partial charge on any atom is -0.491 e. The minimum atomic E-state index is 0.165. The Balaban J connectivity index is 1.67. The Kier molecular flexibility index (Phi) is 6.93. The summed E-state index contributed by atoms with van der Waals surface area (Å²) < 4.78 is 16.4. The molecule has 3 heterocycles. The van der Waals surface area contributed by atoms with Gasteiger partial charge < -0.3 is 19.5 Å². The van der Waals surface area contributed by atoms with Crippen LogP contribution in [-0.2, 0) is 9.47 Å². The second-order valence-electron chi connectivity index (χ2n) is 7.48. The fourth-order valence-electron chi connectivity index (χ4n) is 3.37. The van der Waals surface area contributed by atoms with Crippen LogP contribution in [0.5, 0.6) is 5.75 Å². The molecule has 1 aromatic carbocycles. The summed E-state index contributed by atoms with van der Waals surface area (Å²) >= 11 is 1.55. The molecule has 1 aromatic heterocycles. The second-order valence-corrected chi connectivity index (χ2v) is 8.48. The van der Waals surface area contributed by atoms with E-state index >= 15 is 0 Å². The highest BCUT2D eigenvalue weighted by molar-refractivity contribution is 7.99. The van der Waals surface area contributed by atoms with Gasteiger partial charge in [-0.25, -0.2) is 4.98 Å². The molecule has 8 heteroatoms. The lowest BCUT2D eigenvalue weighted by Gasteiger charge is -2.26. The second kappa shape index (κ2) is 10.0. The summed E-state index contributed by atoms with van der Waals surface area (Å²) in [5.74, 6) is 2.54. The van der Waals surface area contributed by atoms with Crippen LogP contribution in [0.2, 0.25) is 0 Å². The number of benzene rings is 1. The number of nitrogens with zero attached hydrogens (tertiary/aromatic N) is 3. The number of pyridine rings is 1. The number of thioether (sulfide) groups is 1. The third kappa shape index (κ3) is 4.77. The zero-order chi connectivity index (χ0) is 21.6. The van der Waals surface area contributed by atoms with Crippen LogP contribution in [0.1, 0.15) is 24.5 Å². The number of nitriles is 2. The van der Waals surface area contributed by atoms with Crippen molar-refractivity contribution in [3.63, 3.8) is 0 Å². The maximum Gasteiger partial charge on any atom is 0.146 e. The van der Waals surface area contributed by atoms with Crippen molar-refractivity contribution in [2.75, 3.05) is 44.0 Å². The van der Waals surface area contributed by atoms with Gasteiger partial charge in [0.2, 0.25) is 0 Å². The molecular weight excluding hydrogens is 412 g/mol. The first-order valence-electron chi connectivity index (χ1n) is 10.4. The van der Waals surface area contributed by atoms with Gasteiger partial charge in [-0.3, -0.25) is 0 Å². The summed E-state index contributed by atoms with van der Waals surface area (Å²) in [6.45, 7) is 5.39. The van der Waals surface area contributed by atoms with Crippen LogP contribution in [0, 0.1) is 28.6 Å². The molecule has 0 aliphatic carbocycles. The highest BCUT2D eigenvalue weighted by Crippen LogP contribution is 2.38. The lowest BCUT2D eigenvalue weighted by molar-refractivity contribution is -0.0720. The van der Waals surface area contributed by atoms with Crippen LogP contribution in [0.3, 0.4) is 0 Å². The summed E-state index contributed by atoms with van der Waals surface area (Å²) in [5, 5.41) is 23.7. The predicted octanol–water partition coefficient (Wildman–Crippen LogP) is 3.83. The van der Waals surface area contributed by atoms with Crippen molar-refractivity contribution in [3.8, 4) is 29.0 Å². The monoisotopic (exact) mass is 436 g/mol. The molecular formula is C23H24N4O3S. The average molecular weight is 437 g/mol. The van der Waals surface area contributed by atoms with E-state index in [0.29, 0.717) is 46.6 Å². The van der Waals surface area contributed by atoms with Crippen LogP contribution in [0.25, 0.3) is 11.1 Å². The van der Waals surface area contributed by atoms with Crippen LogP contribution < -0.4 is 10.1 Å². The molecule has 2 aliphatic heterocycles. The van der Waals surface area contributed by atoms with E-state index in [-0.39, 0.29) is 6.10 Å². The van der Waals surface area contributed by atoms with E-state index in [0.717, 1.165) is 43.3 Å². The first kappa shape index (κ1) is 21.5. The summed E-state index contributed by atoms with van der Waals surface area (Å²) in [5.41, 5.74) is 2.21. The fraction of sp³-hybridized carbons (Fsp3) is 0.435. The van der Waals surface area contributed by atoms with Crippen molar-refractivity contribution in [2.24, 2.45) is 5.92 Å². The minimum absolute atomic E-state index is 0.165. The summed E-state index contributed by atoms with van der Waals surface area (Å²) in [7, 11) is 0. The highest BCUT2D eigenvalue weighted by atomic mass is 32.2. The van der Waals surface area contributed by atoms with E-state index in [9.17, 15) is 10.5 Å². The maximum absolute atomic E-state index is 9.97. The Bertz CT molecular complexity index is 1010. The Morgan fingerprint density at radius 1 is 1.19 bits per heavy atom. The van der Waals surface area contributed by atoms with E-state index in [1.165, 1.54) is 0 Å². The molecule has 2 aromatic rings. The van der Waals surface area contributed by atoms with Gasteiger partial charge in [-0.05, 0) is 24.6 Å². The number of hydrogen-bond acceptors (Lipinski definition) is 8. The molecule has 160 valence electrons. The normalized spacial score (nSPS) is 17.7. The van der Waals surface area contributed by atoms with E-state index in [1.54, 1.807) is 11.8 Å². The van der Waals surface area contributed by atoms with Crippen molar-refractivity contribution < 1.29 is 14.2 Å². The van der Waals surface area contributed by atoms with Crippen molar-refractivity contribution in [2.45, 2.75) is 24.5 Å². The van der Waals surface area contributed by atoms with E-state index in [4.69, 9.17) is 14.2 Å². The SMILES string of the molecule is CCNc1nc(SCC2COC2)c(C#N)c(-c2ccc(OC[C@@H]3CCO3)cc2)c1C#N. The van der Waals surface area contributed by atoms with Gasteiger partial charge in [0.15, 0.2) is 0 Å². The summed E-state index contributed by atoms with van der Waals surface area (Å²) in [6.07, 6.45) is 1.19. The molecule has 0 saturated carbocycles. The van der Waals surface area contributed by atoms with Crippen LogP contribution >= 0.6 is 11.8 Å². The van der Waals surface area contributed by atoms with E-state index in [2.05, 4.69) is 22.4 Å². The van der Waals surface area contributed by atoms with Crippen molar-refractivity contribution in [3.05, 3.63) is 35.4 Å². The van der Waals surface area contributed by atoms with E-state index in [1.807, 2.05) is 31.2 Å². The zero-order valence-electron chi connectivity index (χ0n) is 17.4. The van der Waals surface area contributed by atoms with Crippen molar-refractivity contribution in [1.82, 2.24) is 4.98 Å². The zero-order valence-corrected chi connectivity index (χ0v) is 18.2. The molecule has 0 spiro atoms. The van der Waals surface area contributed by atoms with Crippen molar-refractivity contribution >= 4 is 17.6 Å². The lowest BCUT2D eigenvalue weighted by atomic mass is 9.96. The van der Waals surface area contributed by atoms with Gasteiger partial charge in [0.1, 0.15) is 40.9 Å². The predicted molar refractivity (Wildman–Crippen MR) is 118 cm³/mol. The van der Waals surface area contributed by atoms with Gasteiger partial charge in [-0.2, -0.15) is 10.5 Å². The Labute approximate surface area is 186 Å². The standard InChI is InChI=1S/C23H24N4O3S/c1-2-26-22-19(9-24)21(20(10-25)23(27-22)31-14-15-11-28-12-15)16-3-5-17(6-4-16)30-13-18-7-8-29-18/h3-6,15,18H,2,7-8,11-14H2,1H3,(H,26,27)/t18-/m0/s1. The molecule has 2 fully saturated rings. The van der Waals surface area contributed by atoms with Gasteiger partial charge in [-0.15, -0.1) is 11.8 Å². The third-order valence-corrected chi connectivity index (χ3v) is 6.47. The van der Waals surface area contributed by atoms with Crippen LogP contribution in [0.4, 0.5) is 5.82 Å². The summed E-state index contributed by atoms with van der Waals surface area (Å²) in [4.78, 5) is 4.63. The maximum atomic E-state index is 9.97. The van der Waals surface area contributed by atoms with E-state index < -0.39 is 0 Å². The highest BCUT2D eigenvalue weighted by Gasteiger charge is 2.24. The molecule has 31 heavy (non-hydrogen) atoms. The molecule has 0 unspecified atom stereocenters.